The molecular weight excluding hydrogens is 400 g/mol. The van der Waals surface area contributed by atoms with Gasteiger partial charge in [-0.3, -0.25) is 4.79 Å². The van der Waals surface area contributed by atoms with Crippen molar-refractivity contribution in [2.75, 3.05) is 18.4 Å². The number of hydrogen-bond donors (Lipinski definition) is 1. The van der Waals surface area contributed by atoms with Crippen LogP contribution in [0.2, 0.25) is 0 Å². The number of rotatable bonds is 6. The van der Waals surface area contributed by atoms with Gasteiger partial charge in [-0.2, -0.15) is 4.31 Å². The average Bonchev–Trinajstić information content (AvgIpc) is 3.24. The zero-order valence-corrected chi connectivity index (χ0v) is 18.8. The number of hydrogen-bond acceptors (Lipinski definition) is 4. The Bertz CT molecular complexity index is 971. The van der Waals surface area contributed by atoms with Crippen LogP contribution in [0.1, 0.15) is 46.1 Å². The first-order valence-electron chi connectivity index (χ1n) is 10.3. The quantitative estimate of drug-likeness (QED) is 0.746. The molecule has 0 radical (unpaired) electrons. The van der Waals surface area contributed by atoms with E-state index in [0.717, 1.165) is 12.8 Å². The normalized spacial score (nSPS) is 16.3. The molecule has 162 valence electrons. The van der Waals surface area contributed by atoms with Crippen molar-refractivity contribution in [3.8, 4) is 5.75 Å². The lowest BCUT2D eigenvalue weighted by molar-refractivity contribution is -0.122. The molecule has 1 fully saturated rings. The van der Waals surface area contributed by atoms with Crippen molar-refractivity contribution in [1.29, 1.82) is 0 Å². The molecule has 2 aromatic rings. The highest BCUT2D eigenvalue weighted by molar-refractivity contribution is 7.89. The number of benzene rings is 2. The van der Waals surface area contributed by atoms with Gasteiger partial charge in [0.1, 0.15) is 5.75 Å². The fraction of sp³-hybridized carbons (Fsp3) is 0.435. The molecule has 1 heterocycles. The monoisotopic (exact) mass is 430 g/mol. The van der Waals surface area contributed by atoms with Gasteiger partial charge < -0.3 is 10.1 Å². The maximum absolute atomic E-state index is 12.6. The van der Waals surface area contributed by atoms with Crippen LogP contribution in [0.25, 0.3) is 0 Å². The molecule has 6 nitrogen and oxygen atoms in total. The van der Waals surface area contributed by atoms with Crippen LogP contribution in [0, 0.1) is 0 Å². The maximum Gasteiger partial charge on any atom is 0.265 e. The second-order valence-corrected chi connectivity index (χ2v) is 10.6. The third-order valence-corrected chi connectivity index (χ3v) is 7.14. The molecule has 0 bridgehead atoms. The first-order chi connectivity index (χ1) is 14.1. The van der Waals surface area contributed by atoms with Gasteiger partial charge in [-0.05, 0) is 67.1 Å². The van der Waals surface area contributed by atoms with Crippen molar-refractivity contribution < 1.29 is 17.9 Å². The van der Waals surface area contributed by atoms with E-state index < -0.39 is 16.1 Å². The third-order valence-electron chi connectivity index (χ3n) is 5.23. The highest BCUT2D eigenvalue weighted by atomic mass is 32.2. The van der Waals surface area contributed by atoms with Gasteiger partial charge in [0.2, 0.25) is 10.0 Å². The first kappa shape index (κ1) is 22.3. The number of amides is 1. The van der Waals surface area contributed by atoms with E-state index in [4.69, 9.17) is 4.74 Å². The molecule has 30 heavy (non-hydrogen) atoms. The lowest BCUT2D eigenvalue weighted by Crippen LogP contribution is -2.30. The lowest BCUT2D eigenvalue weighted by Gasteiger charge is -2.20. The van der Waals surface area contributed by atoms with E-state index in [0.29, 0.717) is 24.5 Å². The van der Waals surface area contributed by atoms with Gasteiger partial charge in [-0.1, -0.05) is 32.9 Å². The summed E-state index contributed by atoms with van der Waals surface area (Å²) in [6, 6.07) is 14.0. The van der Waals surface area contributed by atoms with Crippen molar-refractivity contribution in [3.63, 3.8) is 0 Å². The Morgan fingerprint density at radius 3 is 2.10 bits per heavy atom. The summed E-state index contributed by atoms with van der Waals surface area (Å²) in [7, 11) is -3.46. The van der Waals surface area contributed by atoms with Gasteiger partial charge in [0.15, 0.2) is 6.10 Å². The molecule has 1 amide bonds. The second kappa shape index (κ2) is 8.78. The molecule has 1 N–H and O–H groups in total. The van der Waals surface area contributed by atoms with E-state index in [1.165, 1.54) is 22.0 Å². The summed E-state index contributed by atoms with van der Waals surface area (Å²) in [6.45, 7) is 9.22. The number of sulfonamides is 1. The van der Waals surface area contributed by atoms with Crippen LogP contribution in [-0.2, 0) is 20.2 Å². The van der Waals surface area contributed by atoms with Crippen LogP contribution in [0.3, 0.4) is 0 Å². The van der Waals surface area contributed by atoms with E-state index in [-0.39, 0.29) is 16.2 Å². The summed E-state index contributed by atoms with van der Waals surface area (Å²) < 4.78 is 32.4. The maximum atomic E-state index is 12.6. The fourth-order valence-electron chi connectivity index (χ4n) is 3.32. The standard InChI is InChI=1S/C23H30N2O4S/c1-17(29-20-11-7-18(8-12-20)23(2,3)4)22(26)24-19-9-13-21(14-10-19)30(27,28)25-15-5-6-16-25/h7-14,17H,5-6,15-16H2,1-4H3,(H,24,26)/t17-/m0/s1. The third kappa shape index (κ3) is 5.21. The van der Waals surface area contributed by atoms with Gasteiger partial charge >= 0.3 is 0 Å². The van der Waals surface area contributed by atoms with Gasteiger partial charge in [0.25, 0.3) is 5.91 Å². The van der Waals surface area contributed by atoms with Crippen molar-refractivity contribution in [1.82, 2.24) is 4.31 Å². The molecule has 0 aromatic heterocycles. The van der Waals surface area contributed by atoms with Crippen LogP contribution < -0.4 is 10.1 Å². The summed E-state index contributed by atoms with van der Waals surface area (Å²) in [5, 5.41) is 2.77. The molecule has 1 aliphatic heterocycles. The Morgan fingerprint density at radius 2 is 1.57 bits per heavy atom. The molecule has 1 atom stereocenters. The fourth-order valence-corrected chi connectivity index (χ4v) is 4.84. The molecule has 3 rings (SSSR count). The highest BCUT2D eigenvalue weighted by Crippen LogP contribution is 2.25. The lowest BCUT2D eigenvalue weighted by atomic mass is 9.87. The molecule has 0 aliphatic carbocycles. The summed E-state index contributed by atoms with van der Waals surface area (Å²) in [6.07, 6.45) is 1.09. The number of ether oxygens (including phenoxy) is 1. The summed E-state index contributed by atoms with van der Waals surface area (Å²) >= 11 is 0. The zero-order valence-electron chi connectivity index (χ0n) is 18.0. The van der Waals surface area contributed by atoms with E-state index >= 15 is 0 Å². The smallest absolute Gasteiger partial charge is 0.265 e. The Kier molecular flexibility index (Phi) is 6.53. The molecule has 0 saturated carbocycles. The number of nitrogens with zero attached hydrogens (tertiary/aromatic N) is 1. The SMILES string of the molecule is C[C@H](Oc1ccc(C(C)(C)C)cc1)C(=O)Nc1ccc(S(=O)(=O)N2CCCC2)cc1. The minimum Gasteiger partial charge on any atom is -0.481 e. The van der Waals surface area contributed by atoms with Gasteiger partial charge in [-0.15, -0.1) is 0 Å². The van der Waals surface area contributed by atoms with Gasteiger partial charge in [0.05, 0.1) is 4.90 Å². The van der Waals surface area contributed by atoms with E-state index in [1.54, 1.807) is 19.1 Å². The Labute approximate surface area is 179 Å². The van der Waals surface area contributed by atoms with Gasteiger partial charge in [-0.25, -0.2) is 8.42 Å². The predicted octanol–water partition coefficient (Wildman–Crippen LogP) is 4.17. The molecule has 1 aliphatic rings. The van der Waals surface area contributed by atoms with Crippen molar-refractivity contribution in [2.24, 2.45) is 0 Å². The van der Waals surface area contributed by atoms with Crippen LogP contribution in [0.4, 0.5) is 5.69 Å². The van der Waals surface area contributed by atoms with Crippen molar-refractivity contribution in [3.05, 3.63) is 54.1 Å². The van der Waals surface area contributed by atoms with E-state index in [9.17, 15) is 13.2 Å². The Balaban J connectivity index is 1.60. The van der Waals surface area contributed by atoms with Gasteiger partial charge in [0, 0.05) is 18.8 Å². The van der Waals surface area contributed by atoms with Crippen LogP contribution in [0.15, 0.2) is 53.4 Å². The first-order valence-corrected chi connectivity index (χ1v) is 11.7. The van der Waals surface area contributed by atoms with Crippen LogP contribution in [-0.4, -0.2) is 37.8 Å². The Hall–Kier alpha value is -2.38. The molecule has 0 unspecified atom stereocenters. The number of carbonyl (C=O) groups excluding carboxylic acids is 1. The van der Waals surface area contributed by atoms with Crippen molar-refractivity contribution >= 4 is 21.6 Å². The highest BCUT2D eigenvalue weighted by Gasteiger charge is 2.27. The molecule has 1 saturated heterocycles. The summed E-state index contributed by atoms with van der Waals surface area (Å²) in [4.78, 5) is 12.7. The largest absolute Gasteiger partial charge is 0.481 e. The topological polar surface area (TPSA) is 75.7 Å². The summed E-state index contributed by atoms with van der Waals surface area (Å²) in [5.41, 5.74) is 1.77. The minimum atomic E-state index is -3.46. The molecular formula is C23H30N2O4S. The predicted molar refractivity (Wildman–Crippen MR) is 118 cm³/mol. The van der Waals surface area contributed by atoms with Crippen LogP contribution in [0.5, 0.6) is 5.75 Å². The summed E-state index contributed by atoms with van der Waals surface area (Å²) in [5.74, 6) is 0.322. The number of anilines is 1. The van der Waals surface area contributed by atoms with Crippen molar-refractivity contribution in [2.45, 2.75) is 57.0 Å². The second-order valence-electron chi connectivity index (χ2n) is 8.66. The Morgan fingerprint density at radius 1 is 1.00 bits per heavy atom. The average molecular weight is 431 g/mol. The minimum absolute atomic E-state index is 0.0515. The zero-order chi connectivity index (χ0) is 21.9. The number of nitrogens with one attached hydrogen (secondary N) is 1. The van der Waals surface area contributed by atoms with Crippen LogP contribution >= 0.6 is 0 Å². The molecule has 7 heteroatoms. The molecule has 0 spiro atoms. The molecule has 2 aromatic carbocycles. The van der Waals surface area contributed by atoms with E-state index in [2.05, 4.69) is 26.1 Å². The van der Waals surface area contributed by atoms with E-state index in [1.807, 2.05) is 24.3 Å². The number of carbonyl (C=O) groups is 1.